The summed E-state index contributed by atoms with van der Waals surface area (Å²) in [5.74, 6) is -0.185. The first-order chi connectivity index (χ1) is 14.9. The topological polar surface area (TPSA) is 76.7 Å². The lowest BCUT2D eigenvalue weighted by Crippen LogP contribution is -2.27. The monoisotopic (exact) mass is 452 g/mol. The van der Waals surface area contributed by atoms with Gasteiger partial charge in [-0.15, -0.1) is 0 Å². The van der Waals surface area contributed by atoms with E-state index in [-0.39, 0.29) is 18.9 Å². The molecule has 0 saturated carbocycles. The van der Waals surface area contributed by atoms with Crippen LogP contribution in [0.5, 0.6) is 0 Å². The Balaban J connectivity index is 1.75. The molecule has 2 aromatic carbocycles. The standard InChI is InChI=1S/C23H27F3N2O4/c1-22(2,3)32-21(30)28-19-10-8-16(9-11-19)12-20(29)27-13-17-4-6-18(7-5-17)14-31-15-23(24,25)26/h4-11H,12-15H2,1-3H3,(H,27,29)(H,28,30). The maximum absolute atomic E-state index is 12.2. The van der Waals surface area contributed by atoms with Gasteiger partial charge in [-0.3, -0.25) is 10.1 Å². The van der Waals surface area contributed by atoms with E-state index in [1.807, 2.05) is 0 Å². The molecule has 0 bridgehead atoms. The molecule has 174 valence electrons. The average molecular weight is 452 g/mol. The molecule has 2 rings (SSSR count). The zero-order valence-electron chi connectivity index (χ0n) is 18.2. The number of amides is 2. The summed E-state index contributed by atoms with van der Waals surface area (Å²) in [7, 11) is 0. The highest BCUT2D eigenvalue weighted by Crippen LogP contribution is 2.16. The van der Waals surface area contributed by atoms with Crippen LogP contribution < -0.4 is 10.6 Å². The van der Waals surface area contributed by atoms with Crippen molar-refractivity contribution in [3.63, 3.8) is 0 Å². The third-order valence-corrected chi connectivity index (χ3v) is 4.01. The van der Waals surface area contributed by atoms with Crippen LogP contribution in [0.25, 0.3) is 0 Å². The van der Waals surface area contributed by atoms with Crippen LogP contribution in [0.2, 0.25) is 0 Å². The van der Waals surface area contributed by atoms with Gasteiger partial charge in [0.25, 0.3) is 0 Å². The van der Waals surface area contributed by atoms with E-state index in [9.17, 15) is 22.8 Å². The first-order valence-electron chi connectivity index (χ1n) is 9.97. The number of halogens is 3. The van der Waals surface area contributed by atoms with Crippen molar-refractivity contribution >= 4 is 17.7 Å². The lowest BCUT2D eigenvalue weighted by atomic mass is 10.1. The summed E-state index contributed by atoms with van der Waals surface area (Å²) in [5, 5.41) is 5.42. The van der Waals surface area contributed by atoms with Crippen molar-refractivity contribution in [3.05, 3.63) is 65.2 Å². The van der Waals surface area contributed by atoms with Crippen molar-refractivity contribution in [2.24, 2.45) is 0 Å². The van der Waals surface area contributed by atoms with Gasteiger partial charge in [0, 0.05) is 12.2 Å². The molecule has 0 aliphatic heterocycles. The van der Waals surface area contributed by atoms with Crippen molar-refractivity contribution < 1.29 is 32.2 Å². The van der Waals surface area contributed by atoms with Gasteiger partial charge < -0.3 is 14.8 Å². The first kappa shape index (κ1) is 25.2. The lowest BCUT2D eigenvalue weighted by Gasteiger charge is -2.19. The van der Waals surface area contributed by atoms with Crippen molar-refractivity contribution in [1.82, 2.24) is 5.32 Å². The van der Waals surface area contributed by atoms with Gasteiger partial charge in [0.2, 0.25) is 5.91 Å². The van der Waals surface area contributed by atoms with Crippen LogP contribution in [-0.2, 0) is 33.8 Å². The van der Waals surface area contributed by atoms with Crippen molar-refractivity contribution in [3.8, 4) is 0 Å². The van der Waals surface area contributed by atoms with E-state index in [0.29, 0.717) is 17.8 Å². The van der Waals surface area contributed by atoms with Crippen LogP contribution in [0, 0.1) is 0 Å². The zero-order valence-corrected chi connectivity index (χ0v) is 18.2. The van der Waals surface area contributed by atoms with Crippen molar-refractivity contribution in [2.75, 3.05) is 11.9 Å². The molecule has 2 aromatic rings. The lowest BCUT2D eigenvalue weighted by molar-refractivity contribution is -0.176. The number of benzene rings is 2. The number of alkyl halides is 3. The zero-order chi connectivity index (χ0) is 23.8. The smallest absolute Gasteiger partial charge is 0.412 e. The summed E-state index contributed by atoms with van der Waals surface area (Å²) in [6.07, 6.45) is -4.74. The van der Waals surface area contributed by atoms with E-state index in [0.717, 1.165) is 11.1 Å². The number of carbonyl (C=O) groups excluding carboxylic acids is 2. The molecular formula is C23H27F3N2O4. The highest BCUT2D eigenvalue weighted by molar-refractivity contribution is 5.85. The van der Waals surface area contributed by atoms with E-state index in [4.69, 9.17) is 4.74 Å². The number of nitrogens with one attached hydrogen (secondary N) is 2. The SMILES string of the molecule is CC(C)(C)OC(=O)Nc1ccc(CC(=O)NCc2ccc(COCC(F)(F)F)cc2)cc1. The maximum atomic E-state index is 12.2. The number of carbonyl (C=O) groups is 2. The fourth-order valence-electron chi connectivity index (χ4n) is 2.61. The molecule has 0 radical (unpaired) electrons. The largest absolute Gasteiger partial charge is 0.444 e. The molecule has 32 heavy (non-hydrogen) atoms. The highest BCUT2D eigenvalue weighted by atomic mass is 19.4. The number of hydrogen-bond acceptors (Lipinski definition) is 4. The summed E-state index contributed by atoms with van der Waals surface area (Å²) >= 11 is 0. The van der Waals surface area contributed by atoms with Crippen LogP contribution in [-0.4, -0.2) is 30.4 Å². The van der Waals surface area contributed by atoms with E-state index in [1.165, 1.54) is 0 Å². The third-order valence-electron chi connectivity index (χ3n) is 4.01. The van der Waals surface area contributed by atoms with Crippen LogP contribution in [0.4, 0.5) is 23.7 Å². The van der Waals surface area contributed by atoms with Gasteiger partial charge in [-0.05, 0) is 49.6 Å². The minimum atomic E-state index is -4.35. The van der Waals surface area contributed by atoms with Crippen molar-refractivity contribution in [1.29, 1.82) is 0 Å². The Kier molecular flexibility index (Phi) is 8.65. The summed E-state index contributed by atoms with van der Waals surface area (Å²) in [6.45, 7) is 4.19. The van der Waals surface area contributed by atoms with Crippen LogP contribution in [0.1, 0.15) is 37.5 Å². The molecule has 2 N–H and O–H groups in total. The summed E-state index contributed by atoms with van der Waals surface area (Å²) in [5.41, 5.74) is 2.17. The highest BCUT2D eigenvalue weighted by Gasteiger charge is 2.27. The molecule has 0 aliphatic rings. The first-order valence-corrected chi connectivity index (χ1v) is 9.97. The Bertz CT molecular complexity index is 889. The molecule has 9 heteroatoms. The molecule has 0 heterocycles. The van der Waals surface area contributed by atoms with Crippen LogP contribution >= 0.6 is 0 Å². The second kappa shape index (κ2) is 11.0. The second-order valence-corrected chi connectivity index (χ2v) is 8.20. The number of hydrogen-bond donors (Lipinski definition) is 2. The fraction of sp³-hybridized carbons (Fsp3) is 0.391. The minimum absolute atomic E-state index is 0.134. The van der Waals surface area contributed by atoms with Gasteiger partial charge in [0.05, 0.1) is 13.0 Å². The molecular weight excluding hydrogens is 425 g/mol. The molecule has 0 saturated heterocycles. The Morgan fingerprint density at radius 1 is 0.875 bits per heavy atom. The quantitative estimate of drug-likeness (QED) is 0.593. The Morgan fingerprint density at radius 2 is 1.44 bits per heavy atom. The number of anilines is 1. The third kappa shape index (κ3) is 10.3. The maximum Gasteiger partial charge on any atom is 0.412 e. The van der Waals surface area contributed by atoms with Gasteiger partial charge in [-0.2, -0.15) is 13.2 Å². The van der Waals surface area contributed by atoms with Gasteiger partial charge in [0.1, 0.15) is 12.2 Å². The molecule has 0 fully saturated rings. The predicted molar refractivity (Wildman–Crippen MR) is 114 cm³/mol. The van der Waals surface area contributed by atoms with Crippen LogP contribution in [0.15, 0.2) is 48.5 Å². The summed E-state index contributed by atoms with van der Waals surface area (Å²) in [6, 6.07) is 13.6. The van der Waals surface area contributed by atoms with Crippen LogP contribution in [0.3, 0.4) is 0 Å². The molecule has 0 unspecified atom stereocenters. The molecule has 0 aliphatic carbocycles. The van der Waals surface area contributed by atoms with E-state index in [2.05, 4.69) is 15.4 Å². The molecule has 0 aromatic heterocycles. The molecule has 0 atom stereocenters. The number of rotatable bonds is 8. The predicted octanol–water partition coefficient (Wildman–Crippen LogP) is 4.97. The van der Waals surface area contributed by atoms with Crippen molar-refractivity contribution in [2.45, 2.75) is 52.1 Å². The Morgan fingerprint density at radius 3 is 2.00 bits per heavy atom. The number of ether oxygens (including phenoxy) is 2. The van der Waals surface area contributed by atoms with Gasteiger partial charge in [-0.25, -0.2) is 4.79 Å². The molecule has 6 nitrogen and oxygen atoms in total. The minimum Gasteiger partial charge on any atom is -0.444 e. The average Bonchev–Trinajstić information content (AvgIpc) is 2.66. The van der Waals surface area contributed by atoms with E-state index < -0.39 is 24.5 Å². The molecule has 2 amide bonds. The second-order valence-electron chi connectivity index (χ2n) is 8.20. The van der Waals surface area contributed by atoms with Gasteiger partial charge >= 0.3 is 12.3 Å². The normalized spacial score (nSPS) is 11.7. The summed E-state index contributed by atoms with van der Waals surface area (Å²) in [4.78, 5) is 24.0. The molecule has 0 spiro atoms. The van der Waals surface area contributed by atoms with E-state index in [1.54, 1.807) is 69.3 Å². The Labute approximate surface area is 185 Å². The van der Waals surface area contributed by atoms with E-state index >= 15 is 0 Å². The fourth-order valence-corrected chi connectivity index (χ4v) is 2.61. The van der Waals surface area contributed by atoms with Gasteiger partial charge in [0.15, 0.2) is 0 Å². The Hall–Kier alpha value is -3.07. The van der Waals surface area contributed by atoms with Gasteiger partial charge in [-0.1, -0.05) is 36.4 Å². The summed E-state index contributed by atoms with van der Waals surface area (Å²) < 4.78 is 46.1.